The molecule has 0 aliphatic rings. The third-order valence-corrected chi connectivity index (χ3v) is 4.91. The summed E-state index contributed by atoms with van der Waals surface area (Å²) >= 11 is 1.86. The topological polar surface area (TPSA) is 0 Å². The van der Waals surface area contributed by atoms with Crippen LogP contribution in [0.2, 0.25) is 0 Å². The molecule has 0 aliphatic heterocycles. The molecule has 0 N–H and O–H groups in total. The van der Waals surface area contributed by atoms with Crippen LogP contribution in [-0.2, 0) is 0 Å². The van der Waals surface area contributed by atoms with E-state index in [0.717, 1.165) is 0 Å². The highest BCUT2D eigenvalue weighted by atomic mass is 32.2. The monoisotopic (exact) mass is 313 g/mol. The van der Waals surface area contributed by atoms with Gasteiger partial charge >= 0.3 is 0 Å². The Bertz CT molecular complexity index is 149. The van der Waals surface area contributed by atoms with Crippen molar-refractivity contribution in [3.8, 4) is 0 Å². The van der Waals surface area contributed by atoms with Crippen molar-refractivity contribution < 1.29 is 0 Å². The Morgan fingerprint density at radius 1 is 0.524 bits per heavy atom. The minimum Gasteiger partial charge on any atom is -0.161 e. The van der Waals surface area contributed by atoms with Gasteiger partial charge in [0.2, 0.25) is 0 Å². The van der Waals surface area contributed by atoms with E-state index in [-0.39, 0.29) is 0 Å². The average molecular weight is 314 g/mol. The summed E-state index contributed by atoms with van der Waals surface area (Å²) in [6.07, 6.45) is 26.8. The van der Waals surface area contributed by atoms with E-state index >= 15 is 0 Å². The molecule has 0 nitrogen and oxygen atoms in total. The smallest absolute Gasteiger partial charge is 0.0163 e. The number of unbranched alkanes of at least 4 members (excludes halogenated alkanes) is 16. The zero-order chi connectivity index (χ0) is 15.4. The van der Waals surface area contributed by atoms with E-state index in [2.05, 4.69) is 18.9 Å². The van der Waals surface area contributed by atoms with Crippen LogP contribution in [0.4, 0.5) is 0 Å². The van der Waals surface area contributed by atoms with Gasteiger partial charge in [-0.3, -0.25) is 0 Å². The third kappa shape index (κ3) is 20.4. The Morgan fingerprint density at radius 2 is 0.857 bits per heavy atom. The zero-order valence-electron chi connectivity index (χ0n) is 15.0. The van der Waals surface area contributed by atoms with Crippen molar-refractivity contribution in [3.63, 3.8) is 0 Å². The summed E-state index contributed by atoms with van der Waals surface area (Å²) in [5.41, 5.74) is 0. The van der Waals surface area contributed by atoms with Crippen LogP contribution in [0.15, 0.2) is 0 Å². The predicted octanol–water partition coefficient (Wildman–Crippen LogP) is 8.16. The van der Waals surface area contributed by atoms with Crippen molar-refractivity contribution in [1.29, 1.82) is 0 Å². The quantitative estimate of drug-likeness (QED) is 0.230. The van der Waals surface area contributed by atoms with Crippen LogP contribution in [0.1, 0.15) is 116 Å². The summed E-state index contributed by atoms with van der Waals surface area (Å²) in [5, 5.41) is 0. The number of hydrogen-bond donors (Lipinski definition) is 0. The van der Waals surface area contributed by atoms with Crippen molar-refractivity contribution in [2.24, 2.45) is 0 Å². The van der Waals surface area contributed by atoms with Crippen LogP contribution in [0.25, 0.3) is 0 Å². The van der Waals surface area contributed by atoms with E-state index in [1.807, 2.05) is 11.8 Å². The molecule has 1 heteroatoms. The molecule has 0 rings (SSSR count). The van der Waals surface area contributed by atoms with Gasteiger partial charge in [-0.2, -0.15) is 11.8 Å². The van der Waals surface area contributed by atoms with Gasteiger partial charge in [0.05, 0.1) is 0 Å². The maximum atomic E-state index is 2.34. The van der Waals surface area contributed by atoms with Crippen molar-refractivity contribution in [2.45, 2.75) is 116 Å². The molecule has 0 saturated carbocycles. The van der Waals surface area contributed by atoms with Crippen LogP contribution in [-0.4, -0.2) is 6.26 Å². The molecule has 0 atom stereocenters. The van der Waals surface area contributed by atoms with Crippen molar-refractivity contribution in [3.05, 3.63) is 5.75 Å². The largest absolute Gasteiger partial charge is 0.161 e. The normalized spacial score (nSPS) is 11.1. The second-order valence-corrected chi connectivity index (χ2v) is 7.30. The van der Waals surface area contributed by atoms with Crippen molar-refractivity contribution in [1.82, 2.24) is 0 Å². The molecule has 127 valence electrons. The van der Waals surface area contributed by atoms with Crippen LogP contribution < -0.4 is 0 Å². The number of hydrogen-bond acceptors (Lipinski definition) is 1. The fourth-order valence-electron chi connectivity index (χ4n) is 2.89. The average Bonchev–Trinajstić information content (AvgIpc) is 2.50. The first-order chi connectivity index (χ1) is 10.4. The van der Waals surface area contributed by atoms with Crippen LogP contribution in [0.5, 0.6) is 0 Å². The molecule has 0 bridgehead atoms. The van der Waals surface area contributed by atoms with Gasteiger partial charge in [0.1, 0.15) is 0 Å². The minimum absolute atomic E-state index is 1.31. The highest BCUT2D eigenvalue weighted by Crippen LogP contribution is 2.15. The molecule has 0 saturated heterocycles. The van der Waals surface area contributed by atoms with Crippen LogP contribution >= 0.6 is 11.8 Å². The zero-order valence-corrected chi connectivity index (χ0v) is 15.8. The van der Waals surface area contributed by atoms with Crippen molar-refractivity contribution in [2.75, 3.05) is 6.26 Å². The Labute approximate surface area is 140 Å². The maximum Gasteiger partial charge on any atom is 0.0163 e. The Balaban J connectivity index is 2.90. The molecule has 0 aromatic rings. The molecule has 0 unspecified atom stereocenters. The van der Waals surface area contributed by atoms with E-state index in [9.17, 15) is 0 Å². The summed E-state index contributed by atoms with van der Waals surface area (Å²) in [6.45, 7) is 2.30. The van der Waals surface area contributed by atoms with Gasteiger partial charge in [-0.05, 0) is 12.7 Å². The minimum atomic E-state index is 1.31. The van der Waals surface area contributed by atoms with Gasteiger partial charge in [0.25, 0.3) is 0 Å². The second-order valence-electron chi connectivity index (χ2n) is 6.49. The van der Waals surface area contributed by atoms with Gasteiger partial charge in [-0.1, -0.05) is 110 Å². The van der Waals surface area contributed by atoms with Crippen LogP contribution in [0.3, 0.4) is 0 Å². The Kier molecular flexibility index (Phi) is 20.7. The highest BCUT2D eigenvalue weighted by molar-refractivity contribution is 8.00. The molecule has 0 spiro atoms. The molecule has 21 heavy (non-hydrogen) atoms. The lowest BCUT2D eigenvalue weighted by molar-refractivity contribution is 0.530. The fraction of sp³-hybridized carbons (Fsp3) is 0.950. The van der Waals surface area contributed by atoms with E-state index in [1.54, 1.807) is 0 Å². The first-order valence-electron chi connectivity index (χ1n) is 9.76. The van der Waals surface area contributed by atoms with Gasteiger partial charge in [0.15, 0.2) is 0 Å². The summed E-state index contributed by atoms with van der Waals surface area (Å²) in [4.78, 5) is 0. The van der Waals surface area contributed by atoms with E-state index < -0.39 is 0 Å². The van der Waals surface area contributed by atoms with Gasteiger partial charge < -0.3 is 0 Å². The first kappa shape index (κ1) is 21.4. The molecule has 0 heterocycles. The first-order valence-corrected chi connectivity index (χ1v) is 11.0. The summed E-state index contributed by atoms with van der Waals surface area (Å²) in [5.74, 6) is 2.34. The Morgan fingerprint density at radius 3 is 1.19 bits per heavy atom. The number of thioether (sulfide) groups is 1. The van der Waals surface area contributed by atoms with Gasteiger partial charge in [-0.15, -0.1) is 0 Å². The molecular formula is C20H41S. The maximum absolute atomic E-state index is 2.34. The lowest BCUT2D eigenvalue weighted by atomic mass is 10.0. The van der Waals surface area contributed by atoms with Crippen molar-refractivity contribution >= 4 is 11.8 Å². The summed E-state index contributed by atoms with van der Waals surface area (Å²) in [6, 6.07) is 0. The lowest BCUT2D eigenvalue weighted by Gasteiger charge is -2.03. The molecule has 0 aromatic heterocycles. The molecule has 0 aromatic carbocycles. The van der Waals surface area contributed by atoms with E-state index in [0.29, 0.717) is 0 Å². The van der Waals surface area contributed by atoms with E-state index in [1.165, 1.54) is 109 Å². The molecule has 0 aliphatic carbocycles. The molecule has 1 radical (unpaired) electrons. The predicted molar refractivity (Wildman–Crippen MR) is 102 cm³/mol. The fourth-order valence-corrected chi connectivity index (χ4v) is 3.30. The standard InChI is InChI=1S/C20H41S/c1-3-4-5-6-7-8-9-10-11-12-13-14-15-16-17-18-19-20-21-2/h20H,3-19H2,1-2H3. The van der Waals surface area contributed by atoms with Crippen LogP contribution in [0, 0.1) is 5.75 Å². The third-order valence-electron chi connectivity index (χ3n) is 4.34. The lowest BCUT2D eigenvalue weighted by Crippen LogP contribution is -1.83. The SMILES string of the molecule is CCCCCCCCCCCCCCCCCC[CH]SC. The summed E-state index contributed by atoms with van der Waals surface area (Å²) in [7, 11) is 0. The highest BCUT2D eigenvalue weighted by Gasteiger charge is 1.94. The number of rotatable bonds is 18. The van der Waals surface area contributed by atoms with E-state index in [4.69, 9.17) is 0 Å². The molecule has 0 fully saturated rings. The van der Waals surface area contributed by atoms with Gasteiger partial charge in [0, 0.05) is 5.75 Å². The molecular weight excluding hydrogens is 272 g/mol. The molecule has 0 amide bonds. The van der Waals surface area contributed by atoms with Gasteiger partial charge in [-0.25, -0.2) is 0 Å². The summed E-state index contributed by atoms with van der Waals surface area (Å²) < 4.78 is 0. The Hall–Kier alpha value is 0.350. The second kappa shape index (κ2) is 20.3.